The second-order valence-electron chi connectivity index (χ2n) is 7.72. The third-order valence-corrected chi connectivity index (χ3v) is 5.29. The number of nitrogens with one attached hydrogen (secondary N) is 1. The van der Waals surface area contributed by atoms with E-state index >= 15 is 0 Å². The third-order valence-electron chi connectivity index (χ3n) is 5.29. The Labute approximate surface area is 157 Å². The molecule has 1 aromatic rings. The molecule has 1 saturated carbocycles. The Morgan fingerprint density at radius 2 is 1.89 bits per heavy atom. The van der Waals surface area contributed by atoms with Crippen LogP contribution in [0.5, 0.6) is 0 Å². The lowest BCUT2D eigenvalue weighted by Gasteiger charge is -2.36. The molecule has 3 rings (SSSR count). The topological polar surface area (TPSA) is 48.5 Å². The van der Waals surface area contributed by atoms with Crippen molar-refractivity contribution >= 4 is 11.7 Å². The first kappa shape index (κ1) is 19.9. The van der Waals surface area contributed by atoms with Gasteiger partial charge in [0, 0.05) is 44.2 Å². The minimum Gasteiger partial charge on any atom is -0.353 e. The van der Waals surface area contributed by atoms with Crippen LogP contribution in [0.25, 0.3) is 0 Å². The highest BCUT2D eigenvalue weighted by molar-refractivity contribution is 5.79. The van der Waals surface area contributed by atoms with E-state index in [1.807, 2.05) is 9.80 Å². The van der Waals surface area contributed by atoms with Gasteiger partial charge in [0.05, 0.1) is 0 Å². The maximum atomic E-state index is 12.8. The summed E-state index contributed by atoms with van der Waals surface area (Å²) in [5.41, 5.74) is -0.881. The van der Waals surface area contributed by atoms with E-state index in [2.05, 4.69) is 24.1 Å². The molecule has 1 amide bonds. The summed E-state index contributed by atoms with van der Waals surface area (Å²) in [6.07, 6.45) is -1.66. The first-order chi connectivity index (χ1) is 12.7. The van der Waals surface area contributed by atoms with Gasteiger partial charge in [-0.2, -0.15) is 13.2 Å². The maximum Gasteiger partial charge on any atom is 0.433 e. The Bertz CT molecular complexity index is 657. The van der Waals surface area contributed by atoms with Crippen LogP contribution in [-0.2, 0) is 11.0 Å². The summed E-state index contributed by atoms with van der Waals surface area (Å²) in [4.78, 5) is 20.2. The number of nitrogens with zero attached hydrogens (tertiary/aromatic N) is 3. The molecule has 2 unspecified atom stereocenters. The van der Waals surface area contributed by atoms with Gasteiger partial charge in [-0.25, -0.2) is 4.98 Å². The van der Waals surface area contributed by atoms with Gasteiger partial charge in [0.25, 0.3) is 0 Å². The molecule has 0 spiro atoms. The first-order valence-corrected chi connectivity index (χ1v) is 9.58. The number of piperazine rings is 1. The lowest BCUT2D eigenvalue weighted by Crippen LogP contribution is -2.50. The van der Waals surface area contributed by atoms with Crippen LogP contribution in [0.1, 0.15) is 38.8 Å². The van der Waals surface area contributed by atoms with Gasteiger partial charge >= 0.3 is 6.18 Å². The van der Waals surface area contributed by atoms with Crippen molar-refractivity contribution in [3.05, 3.63) is 23.9 Å². The Kier molecular flexibility index (Phi) is 5.93. The van der Waals surface area contributed by atoms with Crippen molar-refractivity contribution in [3.8, 4) is 0 Å². The van der Waals surface area contributed by atoms with Gasteiger partial charge in [-0.3, -0.25) is 4.79 Å². The smallest absolute Gasteiger partial charge is 0.353 e. The molecule has 2 atom stereocenters. The molecule has 2 fully saturated rings. The van der Waals surface area contributed by atoms with E-state index in [0.29, 0.717) is 44.1 Å². The number of anilines is 1. The summed E-state index contributed by atoms with van der Waals surface area (Å²) < 4.78 is 38.5. The van der Waals surface area contributed by atoms with E-state index in [-0.39, 0.29) is 11.8 Å². The molecule has 1 aromatic heterocycles. The van der Waals surface area contributed by atoms with Crippen LogP contribution in [0.2, 0.25) is 0 Å². The zero-order chi connectivity index (χ0) is 19.6. The Hall–Kier alpha value is -1.83. The number of pyridine rings is 1. The van der Waals surface area contributed by atoms with Crippen LogP contribution in [-0.4, -0.2) is 54.1 Å². The average molecular weight is 384 g/mol. The van der Waals surface area contributed by atoms with Crippen LogP contribution < -0.4 is 10.2 Å². The molecule has 0 bridgehead atoms. The predicted molar refractivity (Wildman–Crippen MR) is 97.4 cm³/mol. The Morgan fingerprint density at radius 3 is 2.52 bits per heavy atom. The van der Waals surface area contributed by atoms with E-state index in [1.54, 1.807) is 6.07 Å². The quantitative estimate of drug-likeness (QED) is 0.867. The van der Waals surface area contributed by atoms with Crippen LogP contribution in [0.3, 0.4) is 0 Å². The fourth-order valence-corrected chi connectivity index (χ4v) is 4.00. The molecule has 8 heteroatoms. The third kappa shape index (κ3) is 4.91. The van der Waals surface area contributed by atoms with Gasteiger partial charge in [0.15, 0.2) is 0 Å². The van der Waals surface area contributed by atoms with Crippen molar-refractivity contribution in [1.29, 1.82) is 0 Å². The average Bonchev–Trinajstić information content (AvgIpc) is 3.08. The van der Waals surface area contributed by atoms with Gasteiger partial charge in [0.2, 0.25) is 5.91 Å². The number of hydrogen-bond donors (Lipinski definition) is 1. The molecular weight excluding hydrogens is 357 g/mol. The highest BCUT2D eigenvalue weighted by atomic mass is 19.4. The number of aromatic nitrogens is 1. The number of hydrogen-bond acceptors (Lipinski definition) is 4. The Morgan fingerprint density at radius 1 is 1.19 bits per heavy atom. The molecule has 0 radical (unpaired) electrons. The van der Waals surface area contributed by atoms with E-state index in [1.165, 1.54) is 6.07 Å². The van der Waals surface area contributed by atoms with Gasteiger partial charge in [0.1, 0.15) is 11.5 Å². The highest BCUT2D eigenvalue weighted by Crippen LogP contribution is 2.30. The minimum atomic E-state index is -4.45. The summed E-state index contributed by atoms with van der Waals surface area (Å²) in [6, 6.07) is 4.75. The van der Waals surface area contributed by atoms with Crippen LogP contribution >= 0.6 is 0 Å². The molecule has 27 heavy (non-hydrogen) atoms. The molecule has 1 aliphatic carbocycles. The van der Waals surface area contributed by atoms with Crippen molar-refractivity contribution in [2.24, 2.45) is 5.92 Å². The van der Waals surface area contributed by atoms with Crippen molar-refractivity contribution in [2.75, 3.05) is 31.1 Å². The fraction of sp³-hybridized carbons (Fsp3) is 0.684. The number of halogens is 3. The van der Waals surface area contributed by atoms with Gasteiger partial charge in [-0.1, -0.05) is 19.9 Å². The molecule has 0 aromatic carbocycles. The van der Waals surface area contributed by atoms with Crippen LogP contribution in [0.15, 0.2) is 18.2 Å². The molecule has 1 saturated heterocycles. The normalized spacial score (nSPS) is 23.9. The van der Waals surface area contributed by atoms with Gasteiger partial charge in [-0.15, -0.1) is 0 Å². The summed E-state index contributed by atoms with van der Waals surface area (Å²) in [5.74, 6) is 0.554. The first-order valence-electron chi connectivity index (χ1n) is 9.58. The van der Waals surface area contributed by atoms with Crippen molar-refractivity contribution in [2.45, 2.75) is 51.4 Å². The Balaban J connectivity index is 1.54. The van der Waals surface area contributed by atoms with Gasteiger partial charge in [-0.05, 0) is 31.4 Å². The summed E-state index contributed by atoms with van der Waals surface area (Å²) in [5, 5.41) is 3.50. The number of amides is 1. The molecule has 1 N–H and O–H groups in total. The zero-order valence-corrected chi connectivity index (χ0v) is 15.8. The van der Waals surface area contributed by atoms with Crippen LogP contribution in [0.4, 0.5) is 19.0 Å². The molecule has 5 nitrogen and oxygen atoms in total. The van der Waals surface area contributed by atoms with Crippen molar-refractivity contribution in [3.63, 3.8) is 0 Å². The lowest BCUT2D eigenvalue weighted by molar-refractivity contribution is -0.141. The molecular formula is C19H27F3N4O. The molecule has 2 aliphatic rings. The van der Waals surface area contributed by atoms with Crippen LogP contribution in [0, 0.1) is 5.92 Å². The second-order valence-corrected chi connectivity index (χ2v) is 7.72. The second kappa shape index (κ2) is 8.04. The monoisotopic (exact) mass is 384 g/mol. The summed E-state index contributed by atoms with van der Waals surface area (Å²) in [7, 11) is 0. The van der Waals surface area contributed by atoms with Crippen molar-refractivity contribution in [1.82, 2.24) is 15.2 Å². The standard InChI is InChI=1S/C19H27F3N4O/c1-13(2)23-15-7-6-14(12-15)18(27)26-10-8-25(9-11-26)17-5-3-4-16(24-17)19(20,21)22/h3-5,13-15,23H,6-12H2,1-2H3. The fourth-order valence-electron chi connectivity index (χ4n) is 4.00. The number of alkyl halides is 3. The van der Waals surface area contributed by atoms with Gasteiger partial charge < -0.3 is 15.1 Å². The molecule has 150 valence electrons. The maximum absolute atomic E-state index is 12.8. The number of carbonyl (C=O) groups is 1. The molecule has 1 aliphatic heterocycles. The number of rotatable bonds is 4. The van der Waals surface area contributed by atoms with E-state index in [4.69, 9.17) is 0 Å². The predicted octanol–water partition coefficient (Wildman–Crippen LogP) is 2.92. The molecule has 2 heterocycles. The van der Waals surface area contributed by atoms with E-state index in [9.17, 15) is 18.0 Å². The van der Waals surface area contributed by atoms with E-state index in [0.717, 1.165) is 25.3 Å². The lowest BCUT2D eigenvalue weighted by atomic mass is 10.1. The van der Waals surface area contributed by atoms with E-state index < -0.39 is 11.9 Å². The van der Waals surface area contributed by atoms with Crippen molar-refractivity contribution < 1.29 is 18.0 Å². The summed E-state index contributed by atoms with van der Waals surface area (Å²) in [6.45, 7) is 6.26. The number of carbonyl (C=O) groups excluding carboxylic acids is 1. The SMILES string of the molecule is CC(C)NC1CCC(C(=O)N2CCN(c3cccc(C(F)(F)F)n3)CC2)C1. The zero-order valence-electron chi connectivity index (χ0n) is 15.8. The highest BCUT2D eigenvalue weighted by Gasteiger charge is 2.35. The largest absolute Gasteiger partial charge is 0.433 e. The summed E-state index contributed by atoms with van der Waals surface area (Å²) >= 11 is 0. The minimum absolute atomic E-state index is 0.0551.